The first-order valence-corrected chi connectivity index (χ1v) is 2.37. The van der Waals surface area contributed by atoms with Gasteiger partial charge in [0.05, 0.1) is 0 Å². The van der Waals surface area contributed by atoms with Gasteiger partial charge in [-0.15, -0.1) is 0 Å². The highest BCUT2D eigenvalue weighted by Gasteiger charge is 1.85. The van der Waals surface area contributed by atoms with Gasteiger partial charge in [-0.25, -0.2) is 4.39 Å². The predicted octanol–water partition coefficient (Wildman–Crippen LogP) is 1.53. The average Bonchev–Trinajstić information content (AvgIpc) is 1.64. The third-order valence-electron chi connectivity index (χ3n) is 0.859. The van der Waals surface area contributed by atoms with Crippen LogP contribution in [0.3, 0.4) is 0 Å². The van der Waals surface area contributed by atoms with E-state index in [2.05, 4.69) is 4.98 Å². The number of hydrogen-bond donors (Lipinski definition) is 0. The smallest absolute Gasteiger partial charge is 0.126 e. The quantitative estimate of drug-likeness (QED) is 0.494. The monoisotopic (exact) mass is 111 g/mol. The second kappa shape index (κ2) is 1.90. The Morgan fingerprint density at radius 1 is 1.62 bits per heavy atom. The minimum atomic E-state index is -0.225. The van der Waals surface area contributed by atoms with E-state index in [9.17, 15) is 4.39 Å². The van der Waals surface area contributed by atoms with Crippen molar-refractivity contribution in [2.75, 3.05) is 0 Å². The van der Waals surface area contributed by atoms with Crippen molar-refractivity contribution in [3.63, 3.8) is 0 Å². The van der Waals surface area contributed by atoms with Gasteiger partial charge in [-0.05, 0) is 19.1 Å². The van der Waals surface area contributed by atoms with E-state index in [4.69, 9.17) is 0 Å². The van der Waals surface area contributed by atoms with Crippen LogP contribution < -0.4 is 0 Å². The zero-order valence-corrected chi connectivity index (χ0v) is 4.56. The fourth-order valence-electron chi connectivity index (χ4n) is 0.511. The molecule has 0 aliphatic rings. The molecule has 2 heteroatoms. The highest BCUT2D eigenvalue weighted by atomic mass is 19.1. The molecule has 0 unspecified atom stereocenters. The van der Waals surface area contributed by atoms with Gasteiger partial charge in [0.15, 0.2) is 0 Å². The molecular weight excluding hydrogens is 105 g/mol. The lowest BCUT2D eigenvalue weighted by molar-refractivity contribution is 0.624. The maximum Gasteiger partial charge on any atom is 0.126 e. The third kappa shape index (κ3) is 1.03. The highest BCUT2D eigenvalue weighted by molar-refractivity contribution is 5.02. The topological polar surface area (TPSA) is 12.9 Å². The van der Waals surface area contributed by atoms with Gasteiger partial charge >= 0.3 is 0 Å². The molecule has 8 heavy (non-hydrogen) atoms. The van der Waals surface area contributed by atoms with Crippen LogP contribution in [0.2, 0.25) is 0 Å². The van der Waals surface area contributed by atoms with E-state index in [-0.39, 0.29) is 5.82 Å². The van der Waals surface area contributed by atoms with Crippen molar-refractivity contribution in [3.8, 4) is 0 Å². The maximum absolute atomic E-state index is 12.1. The standard InChI is InChI=1S/C6H6FN/c1-5-4-6(7)2-3-8-5/h2-4H,1H3. The molecule has 0 fully saturated rings. The first kappa shape index (κ1) is 5.22. The summed E-state index contributed by atoms with van der Waals surface area (Å²) >= 11 is 0. The van der Waals surface area contributed by atoms with Gasteiger partial charge in [0.1, 0.15) is 5.82 Å². The molecule has 0 aliphatic carbocycles. The molecule has 0 radical (unpaired) electrons. The normalized spacial score (nSPS) is 9.25. The first-order valence-electron chi connectivity index (χ1n) is 2.37. The molecule has 1 rings (SSSR count). The van der Waals surface area contributed by atoms with Crippen molar-refractivity contribution in [2.45, 2.75) is 6.92 Å². The lowest BCUT2D eigenvalue weighted by Gasteiger charge is -1.86. The van der Waals surface area contributed by atoms with Crippen LogP contribution in [0.25, 0.3) is 0 Å². The van der Waals surface area contributed by atoms with E-state index in [1.54, 1.807) is 6.92 Å². The summed E-state index contributed by atoms with van der Waals surface area (Å²) < 4.78 is 12.1. The number of aryl methyl sites for hydroxylation is 1. The van der Waals surface area contributed by atoms with E-state index in [0.29, 0.717) is 5.69 Å². The third-order valence-corrected chi connectivity index (χ3v) is 0.859. The summed E-state index contributed by atoms with van der Waals surface area (Å²) in [6, 6.07) is 2.72. The largest absolute Gasteiger partial charge is 0.261 e. The Balaban J connectivity index is 3.08. The second-order valence-electron chi connectivity index (χ2n) is 1.62. The Labute approximate surface area is 47.2 Å². The molecule has 1 aromatic rings. The average molecular weight is 111 g/mol. The van der Waals surface area contributed by atoms with E-state index in [0.717, 1.165) is 0 Å². The molecule has 1 nitrogen and oxygen atoms in total. The molecule has 42 valence electrons. The van der Waals surface area contributed by atoms with Crippen molar-refractivity contribution >= 4 is 0 Å². The minimum Gasteiger partial charge on any atom is -0.261 e. The Hall–Kier alpha value is -0.920. The molecule has 1 aromatic heterocycles. The van der Waals surface area contributed by atoms with Crippen LogP contribution in [-0.4, -0.2) is 4.98 Å². The SMILES string of the molecule is Cc1cc(F)ccn1. The fourth-order valence-corrected chi connectivity index (χ4v) is 0.511. The number of hydrogen-bond acceptors (Lipinski definition) is 1. The lowest BCUT2D eigenvalue weighted by atomic mass is 10.4. The fraction of sp³-hybridized carbons (Fsp3) is 0.167. The molecule has 0 N–H and O–H groups in total. The summed E-state index contributed by atoms with van der Waals surface area (Å²) in [7, 11) is 0. The van der Waals surface area contributed by atoms with Crippen LogP contribution in [0.1, 0.15) is 5.69 Å². The van der Waals surface area contributed by atoms with Crippen LogP contribution >= 0.6 is 0 Å². The Bertz CT molecular complexity index is 168. The summed E-state index contributed by atoms with van der Waals surface area (Å²) in [4.78, 5) is 3.80. The maximum atomic E-state index is 12.1. The zero-order valence-electron chi connectivity index (χ0n) is 4.56. The van der Waals surface area contributed by atoms with Crippen LogP contribution in [0, 0.1) is 12.7 Å². The highest BCUT2D eigenvalue weighted by Crippen LogP contribution is 1.95. The number of pyridine rings is 1. The molecular formula is C6H6FN. The van der Waals surface area contributed by atoms with Gasteiger partial charge in [-0.3, -0.25) is 4.98 Å². The predicted molar refractivity (Wildman–Crippen MR) is 28.9 cm³/mol. The molecule has 0 amide bonds. The number of nitrogens with zero attached hydrogens (tertiary/aromatic N) is 1. The summed E-state index contributed by atoms with van der Waals surface area (Å²) in [5.74, 6) is -0.225. The molecule has 0 saturated carbocycles. The van der Waals surface area contributed by atoms with Gasteiger partial charge < -0.3 is 0 Å². The molecule has 0 bridgehead atoms. The van der Waals surface area contributed by atoms with Crippen molar-refractivity contribution in [1.29, 1.82) is 0 Å². The number of halogens is 1. The Morgan fingerprint density at radius 3 is 2.75 bits per heavy atom. The summed E-state index contributed by atoms with van der Waals surface area (Å²) in [5.41, 5.74) is 0.713. The lowest BCUT2D eigenvalue weighted by Crippen LogP contribution is -1.79. The van der Waals surface area contributed by atoms with Gasteiger partial charge in [0.2, 0.25) is 0 Å². The summed E-state index contributed by atoms with van der Waals surface area (Å²) in [6.45, 7) is 1.75. The van der Waals surface area contributed by atoms with Crippen LogP contribution in [-0.2, 0) is 0 Å². The van der Waals surface area contributed by atoms with Crippen molar-refractivity contribution < 1.29 is 4.39 Å². The zero-order chi connectivity index (χ0) is 5.98. The Morgan fingerprint density at radius 2 is 2.38 bits per heavy atom. The van der Waals surface area contributed by atoms with Crippen LogP contribution in [0.5, 0.6) is 0 Å². The summed E-state index contributed by atoms with van der Waals surface area (Å²) in [6.07, 6.45) is 1.45. The van der Waals surface area contributed by atoms with Crippen LogP contribution in [0.4, 0.5) is 4.39 Å². The Kier molecular flexibility index (Phi) is 1.24. The van der Waals surface area contributed by atoms with E-state index < -0.39 is 0 Å². The minimum absolute atomic E-state index is 0.225. The van der Waals surface area contributed by atoms with Crippen molar-refractivity contribution in [3.05, 3.63) is 29.8 Å². The molecule has 0 aromatic carbocycles. The first-order chi connectivity index (χ1) is 3.79. The second-order valence-corrected chi connectivity index (χ2v) is 1.62. The molecule has 1 heterocycles. The summed E-state index contributed by atoms with van der Waals surface area (Å²) in [5, 5.41) is 0. The number of aromatic nitrogens is 1. The molecule has 0 atom stereocenters. The number of rotatable bonds is 0. The van der Waals surface area contributed by atoms with Gasteiger partial charge in [0.25, 0.3) is 0 Å². The van der Waals surface area contributed by atoms with Crippen LogP contribution in [0.15, 0.2) is 18.3 Å². The molecule has 0 aliphatic heterocycles. The van der Waals surface area contributed by atoms with E-state index in [1.165, 1.54) is 18.3 Å². The van der Waals surface area contributed by atoms with E-state index >= 15 is 0 Å². The van der Waals surface area contributed by atoms with Gasteiger partial charge in [0, 0.05) is 11.9 Å². The molecule has 0 spiro atoms. The van der Waals surface area contributed by atoms with Gasteiger partial charge in [-0.1, -0.05) is 0 Å². The van der Waals surface area contributed by atoms with Gasteiger partial charge in [-0.2, -0.15) is 0 Å². The van der Waals surface area contributed by atoms with Crippen molar-refractivity contribution in [1.82, 2.24) is 4.98 Å². The van der Waals surface area contributed by atoms with E-state index in [1.807, 2.05) is 0 Å². The molecule has 0 saturated heterocycles. The van der Waals surface area contributed by atoms with Crippen molar-refractivity contribution in [2.24, 2.45) is 0 Å².